The number of pyridine rings is 1. The fourth-order valence-corrected chi connectivity index (χ4v) is 2.74. The minimum absolute atomic E-state index is 0.0918. The standard InChI is InChI=1S/C22H17FN4O2/c23-18-11-15(8-9-21(18)29-17-7-4-10-24-14-17)13-25-22(28)20-12-19(26-27-20)16-5-2-1-3-6-16/h1-12,14H,13H2,(H,25,28)(H,26,27). The average Bonchev–Trinajstić information content (AvgIpc) is 3.26. The number of halogens is 1. The van der Waals surface area contributed by atoms with Crippen LogP contribution in [0.2, 0.25) is 0 Å². The predicted octanol–water partition coefficient (Wildman–Crippen LogP) is 4.33. The van der Waals surface area contributed by atoms with Crippen molar-refractivity contribution in [3.63, 3.8) is 0 Å². The van der Waals surface area contributed by atoms with Crippen LogP contribution >= 0.6 is 0 Å². The Morgan fingerprint density at radius 3 is 2.69 bits per heavy atom. The van der Waals surface area contributed by atoms with Gasteiger partial charge < -0.3 is 10.1 Å². The van der Waals surface area contributed by atoms with Crippen LogP contribution in [-0.2, 0) is 6.54 Å². The molecule has 4 aromatic rings. The summed E-state index contributed by atoms with van der Waals surface area (Å²) < 4.78 is 19.8. The number of ether oxygens (including phenoxy) is 1. The maximum absolute atomic E-state index is 14.3. The number of carbonyl (C=O) groups excluding carboxylic acids is 1. The molecule has 2 N–H and O–H groups in total. The molecule has 0 unspecified atom stereocenters. The van der Waals surface area contributed by atoms with Crippen LogP contribution in [0.1, 0.15) is 16.1 Å². The molecule has 0 radical (unpaired) electrons. The molecule has 0 fully saturated rings. The third-order valence-corrected chi connectivity index (χ3v) is 4.20. The lowest BCUT2D eigenvalue weighted by Gasteiger charge is -2.08. The van der Waals surface area contributed by atoms with Crippen molar-refractivity contribution in [3.8, 4) is 22.8 Å². The van der Waals surface area contributed by atoms with Crippen molar-refractivity contribution < 1.29 is 13.9 Å². The summed E-state index contributed by atoms with van der Waals surface area (Å²) in [6.45, 7) is 0.169. The Morgan fingerprint density at radius 1 is 1.07 bits per heavy atom. The van der Waals surface area contributed by atoms with Crippen LogP contribution in [0.3, 0.4) is 0 Å². The van der Waals surface area contributed by atoms with Gasteiger partial charge in [-0.3, -0.25) is 14.9 Å². The summed E-state index contributed by atoms with van der Waals surface area (Å²) in [7, 11) is 0. The van der Waals surface area contributed by atoms with Crippen LogP contribution in [0.5, 0.6) is 11.5 Å². The van der Waals surface area contributed by atoms with Crippen LogP contribution in [0.15, 0.2) is 79.1 Å². The largest absolute Gasteiger partial charge is 0.453 e. The third kappa shape index (κ3) is 4.47. The number of carbonyl (C=O) groups is 1. The number of rotatable bonds is 6. The van der Waals surface area contributed by atoms with Crippen molar-refractivity contribution in [2.45, 2.75) is 6.54 Å². The molecule has 0 aliphatic carbocycles. The summed E-state index contributed by atoms with van der Waals surface area (Å²) in [6, 6.07) is 19.2. The van der Waals surface area contributed by atoms with Crippen molar-refractivity contribution in [2.24, 2.45) is 0 Å². The van der Waals surface area contributed by atoms with E-state index < -0.39 is 5.82 Å². The summed E-state index contributed by atoms with van der Waals surface area (Å²) in [5.74, 6) is -0.306. The van der Waals surface area contributed by atoms with Gasteiger partial charge in [-0.15, -0.1) is 0 Å². The van der Waals surface area contributed by atoms with Crippen LogP contribution in [-0.4, -0.2) is 21.1 Å². The molecule has 7 heteroatoms. The maximum Gasteiger partial charge on any atom is 0.269 e. The van der Waals surface area contributed by atoms with Crippen LogP contribution in [0, 0.1) is 5.82 Å². The number of nitrogens with one attached hydrogen (secondary N) is 2. The average molecular weight is 388 g/mol. The first-order valence-corrected chi connectivity index (χ1v) is 8.94. The van der Waals surface area contributed by atoms with Crippen molar-refractivity contribution in [1.29, 1.82) is 0 Å². The Labute approximate surface area is 166 Å². The summed E-state index contributed by atoms with van der Waals surface area (Å²) >= 11 is 0. The van der Waals surface area contributed by atoms with E-state index >= 15 is 0 Å². The highest BCUT2D eigenvalue weighted by Gasteiger charge is 2.12. The summed E-state index contributed by atoms with van der Waals surface area (Å²) in [5.41, 5.74) is 2.53. The van der Waals surface area contributed by atoms with E-state index in [0.29, 0.717) is 22.7 Å². The van der Waals surface area contributed by atoms with Gasteiger partial charge in [0.15, 0.2) is 11.6 Å². The maximum atomic E-state index is 14.3. The van der Waals surface area contributed by atoms with Crippen molar-refractivity contribution in [1.82, 2.24) is 20.5 Å². The fraction of sp³-hybridized carbons (Fsp3) is 0.0455. The van der Waals surface area contributed by atoms with Gasteiger partial charge in [-0.1, -0.05) is 36.4 Å². The number of aromatic nitrogens is 3. The van der Waals surface area contributed by atoms with E-state index in [2.05, 4.69) is 20.5 Å². The minimum Gasteiger partial charge on any atom is -0.453 e. The minimum atomic E-state index is -0.520. The second-order valence-electron chi connectivity index (χ2n) is 6.27. The van der Waals surface area contributed by atoms with Gasteiger partial charge in [-0.25, -0.2) is 4.39 Å². The van der Waals surface area contributed by atoms with E-state index in [4.69, 9.17) is 4.74 Å². The number of H-pyrrole nitrogens is 1. The Hall–Kier alpha value is -4.00. The van der Waals surface area contributed by atoms with E-state index in [1.54, 1.807) is 30.5 Å². The Bertz CT molecular complexity index is 1110. The van der Waals surface area contributed by atoms with Gasteiger partial charge in [0.05, 0.1) is 11.9 Å². The fourth-order valence-electron chi connectivity index (χ4n) is 2.74. The zero-order chi connectivity index (χ0) is 20.1. The van der Waals surface area contributed by atoms with Gasteiger partial charge in [0.25, 0.3) is 5.91 Å². The molecule has 0 spiro atoms. The number of aromatic amines is 1. The second kappa shape index (κ2) is 8.35. The molecule has 1 amide bonds. The molecule has 4 rings (SSSR count). The van der Waals surface area contributed by atoms with E-state index in [-0.39, 0.29) is 18.2 Å². The van der Waals surface area contributed by atoms with Crippen molar-refractivity contribution >= 4 is 5.91 Å². The molecule has 0 atom stereocenters. The smallest absolute Gasteiger partial charge is 0.269 e. The van der Waals surface area contributed by atoms with Gasteiger partial charge in [0, 0.05) is 18.3 Å². The first-order chi connectivity index (χ1) is 14.2. The number of amides is 1. The quantitative estimate of drug-likeness (QED) is 0.515. The Balaban J connectivity index is 1.38. The molecule has 2 heterocycles. The van der Waals surface area contributed by atoms with Gasteiger partial charge >= 0.3 is 0 Å². The first-order valence-electron chi connectivity index (χ1n) is 8.94. The summed E-state index contributed by atoms with van der Waals surface area (Å²) in [5, 5.41) is 9.64. The molecule has 2 aromatic carbocycles. The topological polar surface area (TPSA) is 79.9 Å². The highest BCUT2D eigenvalue weighted by Crippen LogP contribution is 2.24. The highest BCUT2D eigenvalue weighted by atomic mass is 19.1. The number of nitrogens with zero attached hydrogens (tertiary/aromatic N) is 2. The third-order valence-electron chi connectivity index (χ3n) is 4.20. The van der Waals surface area contributed by atoms with E-state index in [1.807, 2.05) is 30.3 Å². The molecular weight excluding hydrogens is 371 g/mol. The lowest BCUT2D eigenvalue weighted by atomic mass is 10.1. The van der Waals surface area contributed by atoms with Crippen LogP contribution < -0.4 is 10.1 Å². The van der Waals surface area contributed by atoms with E-state index in [9.17, 15) is 9.18 Å². The molecule has 0 aliphatic rings. The monoisotopic (exact) mass is 388 g/mol. The molecule has 0 saturated carbocycles. The van der Waals surface area contributed by atoms with Gasteiger partial charge in [0.1, 0.15) is 11.4 Å². The number of hydrogen-bond acceptors (Lipinski definition) is 4. The molecule has 0 bridgehead atoms. The molecule has 29 heavy (non-hydrogen) atoms. The van der Waals surface area contributed by atoms with Crippen LogP contribution in [0.4, 0.5) is 4.39 Å². The molecule has 2 aromatic heterocycles. The highest BCUT2D eigenvalue weighted by molar-refractivity contribution is 5.93. The molecule has 0 saturated heterocycles. The SMILES string of the molecule is O=C(NCc1ccc(Oc2cccnc2)c(F)c1)c1cc(-c2ccccc2)n[nH]1. The van der Waals surface area contributed by atoms with E-state index in [0.717, 1.165) is 5.56 Å². The van der Waals surface area contributed by atoms with Crippen LogP contribution in [0.25, 0.3) is 11.3 Å². The lowest BCUT2D eigenvalue weighted by Crippen LogP contribution is -2.23. The first kappa shape index (κ1) is 18.4. The Morgan fingerprint density at radius 2 is 1.93 bits per heavy atom. The normalized spacial score (nSPS) is 10.5. The molecule has 0 aliphatic heterocycles. The van der Waals surface area contributed by atoms with Gasteiger partial charge in [-0.05, 0) is 35.9 Å². The second-order valence-corrected chi connectivity index (χ2v) is 6.27. The predicted molar refractivity (Wildman–Crippen MR) is 106 cm³/mol. The molecule has 144 valence electrons. The summed E-state index contributed by atoms with van der Waals surface area (Å²) in [6.07, 6.45) is 3.11. The van der Waals surface area contributed by atoms with Crippen molar-refractivity contribution in [3.05, 3.63) is 96.2 Å². The summed E-state index contributed by atoms with van der Waals surface area (Å²) in [4.78, 5) is 16.3. The van der Waals surface area contributed by atoms with Crippen molar-refractivity contribution in [2.75, 3.05) is 0 Å². The number of benzene rings is 2. The zero-order valence-electron chi connectivity index (χ0n) is 15.3. The van der Waals surface area contributed by atoms with Gasteiger partial charge in [0.2, 0.25) is 0 Å². The number of hydrogen-bond donors (Lipinski definition) is 2. The molecular formula is C22H17FN4O2. The lowest BCUT2D eigenvalue weighted by molar-refractivity contribution is 0.0946. The zero-order valence-corrected chi connectivity index (χ0v) is 15.3. The van der Waals surface area contributed by atoms with E-state index in [1.165, 1.54) is 18.3 Å². The Kier molecular flexibility index (Phi) is 5.29. The van der Waals surface area contributed by atoms with Gasteiger partial charge in [-0.2, -0.15) is 5.10 Å². The molecule has 6 nitrogen and oxygen atoms in total.